The van der Waals surface area contributed by atoms with Gasteiger partial charge in [-0.1, -0.05) is 18.2 Å². The lowest BCUT2D eigenvalue weighted by atomic mass is 10.1. The van der Waals surface area contributed by atoms with Crippen LogP contribution in [0, 0.1) is 12.7 Å². The Balaban J connectivity index is 1.60. The monoisotopic (exact) mass is 402 g/mol. The molecule has 0 atom stereocenters. The van der Waals surface area contributed by atoms with E-state index >= 15 is 0 Å². The zero-order valence-electron chi connectivity index (χ0n) is 17.0. The second-order valence-electron chi connectivity index (χ2n) is 7.18. The van der Waals surface area contributed by atoms with Crippen molar-refractivity contribution in [3.63, 3.8) is 0 Å². The van der Waals surface area contributed by atoms with Gasteiger partial charge in [0.1, 0.15) is 11.6 Å². The number of nitrogens with zero attached hydrogens (tertiary/aromatic N) is 3. The van der Waals surface area contributed by atoms with Crippen LogP contribution in [0.1, 0.15) is 28.7 Å². The van der Waals surface area contributed by atoms with Crippen LogP contribution in [0.2, 0.25) is 0 Å². The Kier molecular flexibility index (Phi) is 5.57. The third-order valence-electron chi connectivity index (χ3n) is 5.25. The van der Waals surface area contributed by atoms with Gasteiger partial charge in [0, 0.05) is 41.9 Å². The van der Waals surface area contributed by atoms with Gasteiger partial charge < -0.3 is 9.88 Å². The van der Waals surface area contributed by atoms with Crippen molar-refractivity contribution in [1.29, 1.82) is 0 Å². The van der Waals surface area contributed by atoms with E-state index in [4.69, 9.17) is 0 Å². The Morgan fingerprint density at radius 2 is 1.90 bits per heavy atom. The molecule has 0 aliphatic rings. The molecule has 0 fully saturated rings. The van der Waals surface area contributed by atoms with Crippen LogP contribution < -0.4 is 0 Å². The first-order valence-electron chi connectivity index (χ1n) is 10.0. The van der Waals surface area contributed by atoms with E-state index in [0.29, 0.717) is 35.7 Å². The molecule has 0 bridgehead atoms. The van der Waals surface area contributed by atoms with Gasteiger partial charge in [-0.2, -0.15) is 0 Å². The number of hydrogen-bond acceptors (Lipinski definition) is 3. The molecule has 0 saturated carbocycles. The highest BCUT2D eigenvalue weighted by molar-refractivity contribution is 5.99. The van der Waals surface area contributed by atoms with E-state index in [0.717, 1.165) is 11.9 Å². The summed E-state index contributed by atoms with van der Waals surface area (Å²) in [6.45, 7) is 4.88. The summed E-state index contributed by atoms with van der Waals surface area (Å²) in [4.78, 5) is 27.1. The van der Waals surface area contributed by atoms with E-state index in [1.54, 1.807) is 30.2 Å². The normalized spacial score (nSPS) is 11.0. The van der Waals surface area contributed by atoms with Gasteiger partial charge in [-0.05, 0) is 56.2 Å². The predicted molar refractivity (Wildman–Crippen MR) is 116 cm³/mol. The maximum absolute atomic E-state index is 13.4. The Bertz CT molecular complexity index is 1180. The second-order valence-corrected chi connectivity index (χ2v) is 7.18. The molecule has 1 amide bonds. The molecule has 5 nitrogen and oxygen atoms in total. The number of nitrogens with one attached hydrogen (secondary N) is 1. The van der Waals surface area contributed by atoms with Crippen molar-refractivity contribution >= 4 is 16.8 Å². The molecule has 152 valence electrons. The lowest BCUT2D eigenvalue weighted by Gasteiger charge is -2.22. The van der Waals surface area contributed by atoms with Gasteiger partial charge in [0.05, 0.1) is 11.3 Å². The number of likely N-dealkylation sites (N-methyl/N-ethyl adjacent to an activating group) is 1. The fourth-order valence-corrected chi connectivity index (χ4v) is 3.62. The average Bonchev–Trinajstić information content (AvgIpc) is 3.18. The highest BCUT2D eigenvalue weighted by Gasteiger charge is 2.21. The highest BCUT2D eigenvalue weighted by Crippen LogP contribution is 2.24. The van der Waals surface area contributed by atoms with E-state index in [1.165, 1.54) is 23.1 Å². The van der Waals surface area contributed by atoms with Gasteiger partial charge in [0.2, 0.25) is 0 Å². The van der Waals surface area contributed by atoms with Crippen molar-refractivity contribution in [2.75, 3.05) is 13.1 Å². The molecule has 4 rings (SSSR count). The molecule has 4 aromatic rings. The fraction of sp³-hybridized carbons (Fsp3) is 0.208. The number of rotatable bonds is 6. The van der Waals surface area contributed by atoms with Gasteiger partial charge in [-0.3, -0.25) is 4.79 Å². The van der Waals surface area contributed by atoms with Crippen LogP contribution in [0.15, 0.2) is 60.9 Å². The fourth-order valence-electron chi connectivity index (χ4n) is 3.62. The lowest BCUT2D eigenvalue weighted by molar-refractivity contribution is 0.0766. The highest BCUT2D eigenvalue weighted by atomic mass is 19.1. The van der Waals surface area contributed by atoms with Crippen LogP contribution in [-0.4, -0.2) is 38.8 Å². The number of fused-ring (bicyclic) bond motifs is 1. The summed E-state index contributed by atoms with van der Waals surface area (Å²) < 4.78 is 13.4. The number of amides is 1. The summed E-state index contributed by atoms with van der Waals surface area (Å²) in [5, 5.41) is 1.17. The molecule has 1 N–H and O–H groups in total. The van der Waals surface area contributed by atoms with Crippen molar-refractivity contribution in [2.45, 2.75) is 20.3 Å². The molecular weight excluding hydrogens is 379 g/mol. The first kappa shape index (κ1) is 19.8. The quantitative estimate of drug-likeness (QED) is 0.505. The van der Waals surface area contributed by atoms with Gasteiger partial charge in [0.25, 0.3) is 5.91 Å². The van der Waals surface area contributed by atoms with Crippen molar-refractivity contribution in [3.05, 3.63) is 83.7 Å². The van der Waals surface area contributed by atoms with E-state index < -0.39 is 0 Å². The van der Waals surface area contributed by atoms with Crippen LogP contribution in [0.4, 0.5) is 4.39 Å². The van der Waals surface area contributed by atoms with Crippen LogP contribution >= 0.6 is 0 Å². The number of hydrogen-bond donors (Lipinski definition) is 1. The third-order valence-corrected chi connectivity index (χ3v) is 5.25. The maximum atomic E-state index is 13.4. The Morgan fingerprint density at radius 3 is 2.67 bits per heavy atom. The molecule has 0 unspecified atom stereocenters. The summed E-state index contributed by atoms with van der Waals surface area (Å²) in [5.74, 6) is 0.107. The second kappa shape index (κ2) is 8.45. The molecule has 2 heterocycles. The van der Waals surface area contributed by atoms with Crippen molar-refractivity contribution in [2.24, 2.45) is 0 Å². The number of carbonyl (C=O) groups is 1. The number of H-pyrrole nitrogens is 1. The summed E-state index contributed by atoms with van der Waals surface area (Å²) in [6, 6.07) is 14.2. The van der Waals surface area contributed by atoms with E-state index in [-0.39, 0.29) is 11.7 Å². The number of carbonyl (C=O) groups excluding carboxylic acids is 1. The molecular formula is C24H23FN4O. The number of aryl methyl sites for hydroxylation is 1. The Morgan fingerprint density at radius 1 is 1.13 bits per heavy atom. The van der Waals surface area contributed by atoms with Gasteiger partial charge in [0.15, 0.2) is 0 Å². The molecule has 0 aliphatic carbocycles. The molecule has 2 aromatic heterocycles. The summed E-state index contributed by atoms with van der Waals surface area (Å²) in [6.07, 6.45) is 4.31. The topological polar surface area (TPSA) is 61.9 Å². The van der Waals surface area contributed by atoms with Crippen molar-refractivity contribution in [3.8, 4) is 11.3 Å². The zero-order chi connectivity index (χ0) is 21.1. The largest absolute Gasteiger partial charge is 0.361 e. The smallest absolute Gasteiger partial charge is 0.257 e. The number of aromatic nitrogens is 3. The van der Waals surface area contributed by atoms with Crippen LogP contribution in [-0.2, 0) is 6.42 Å². The molecule has 2 aromatic carbocycles. The number of benzene rings is 2. The van der Waals surface area contributed by atoms with E-state index in [1.807, 2.05) is 31.3 Å². The number of aromatic amines is 1. The van der Waals surface area contributed by atoms with Gasteiger partial charge in [-0.15, -0.1) is 0 Å². The molecule has 0 spiro atoms. The molecule has 0 saturated heterocycles. The standard InChI is InChI=1S/C24H23FN4O/c1-3-29(13-12-18-14-27-22-7-5-4-6-20(18)22)24(30)21-15-26-16(2)28-23(21)17-8-10-19(25)11-9-17/h4-11,14-15,27H,3,12-13H2,1-2H3. The minimum atomic E-state index is -0.327. The summed E-state index contributed by atoms with van der Waals surface area (Å²) >= 11 is 0. The molecule has 0 aliphatic heterocycles. The average molecular weight is 402 g/mol. The zero-order valence-corrected chi connectivity index (χ0v) is 17.0. The van der Waals surface area contributed by atoms with Crippen LogP contribution in [0.25, 0.3) is 22.2 Å². The first-order valence-corrected chi connectivity index (χ1v) is 10.0. The summed E-state index contributed by atoms with van der Waals surface area (Å²) in [7, 11) is 0. The number of para-hydroxylation sites is 1. The Hall–Kier alpha value is -3.54. The maximum Gasteiger partial charge on any atom is 0.257 e. The Labute approximate surface area is 174 Å². The van der Waals surface area contributed by atoms with Crippen LogP contribution in [0.3, 0.4) is 0 Å². The molecule has 0 radical (unpaired) electrons. The van der Waals surface area contributed by atoms with Crippen LogP contribution in [0.5, 0.6) is 0 Å². The van der Waals surface area contributed by atoms with E-state index in [2.05, 4.69) is 21.0 Å². The van der Waals surface area contributed by atoms with Gasteiger partial charge >= 0.3 is 0 Å². The molecule has 6 heteroatoms. The third kappa shape index (κ3) is 3.94. The van der Waals surface area contributed by atoms with Crippen molar-refractivity contribution in [1.82, 2.24) is 19.9 Å². The predicted octanol–water partition coefficient (Wildman–Crippen LogP) is 4.78. The number of halogens is 1. The first-order chi connectivity index (χ1) is 14.6. The SMILES string of the molecule is CCN(CCc1c[nH]c2ccccc12)C(=O)c1cnc(C)nc1-c1ccc(F)cc1. The van der Waals surface area contributed by atoms with E-state index in [9.17, 15) is 9.18 Å². The summed E-state index contributed by atoms with van der Waals surface area (Å²) in [5.41, 5.74) is 3.91. The lowest BCUT2D eigenvalue weighted by Crippen LogP contribution is -2.33. The minimum Gasteiger partial charge on any atom is -0.361 e. The van der Waals surface area contributed by atoms with Gasteiger partial charge in [-0.25, -0.2) is 14.4 Å². The molecule has 30 heavy (non-hydrogen) atoms. The van der Waals surface area contributed by atoms with Crippen molar-refractivity contribution < 1.29 is 9.18 Å². The minimum absolute atomic E-state index is 0.128.